The molecule has 2 unspecified atom stereocenters. The molecular formula is C13H19N3O5. The lowest BCUT2D eigenvalue weighted by Crippen LogP contribution is -2.44. The van der Waals surface area contributed by atoms with Crippen LogP contribution in [0.4, 0.5) is 5.82 Å². The average molecular weight is 297 g/mol. The fraction of sp³-hybridized carbons (Fsp3) is 0.615. The Morgan fingerprint density at radius 3 is 3.00 bits per heavy atom. The van der Waals surface area contributed by atoms with Crippen LogP contribution in [0.3, 0.4) is 0 Å². The molecule has 0 bridgehead atoms. The number of carboxylic acid groups (broad SMARTS) is 1. The van der Waals surface area contributed by atoms with Crippen LogP contribution in [0.25, 0.3) is 0 Å². The molecule has 0 radical (unpaired) electrons. The third-order valence-electron chi connectivity index (χ3n) is 3.13. The summed E-state index contributed by atoms with van der Waals surface area (Å²) in [4.78, 5) is 18.6. The van der Waals surface area contributed by atoms with Crippen molar-refractivity contribution < 1.29 is 24.1 Å². The SMILES string of the molecule is COCCOC1COCCC1Nc1cnc(C(=O)O)cn1. The summed E-state index contributed by atoms with van der Waals surface area (Å²) in [6.45, 7) is 2.16. The first-order chi connectivity index (χ1) is 10.2. The Morgan fingerprint density at radius 2 is 2.33 bits per heavy atom. The van der Waals surface area contributed by atoms with Gasteiger partial charge in [0.15, 0.2) is 5.69 Å². The topological polar surface area (TPSA) is 103 Å². The molecule has 2 atom stereocenters. The molecule has 8 heteroatoms. The highest BCUT2D eigenvalue weighted by Crippen LogP contribution is 2.16. The molecule has 1 aliphatic heterocycles. The Kier molecular flexibility index (Phi) is 5.85. The molecular weight excluding hydrogens is 278 g/mol. The maximum atomic E-state index is 10.7. The molecule has 1 saturated heterocycles. The molecule has 21 heavy (non-hydrogen) atoms. The zero-order chi connectivity index (χ0) is 15.1. The van der Waals surface area contributed by atoms with Gasteiger partial charge in [-0.1, -0.05) is 0 Å². The van der Waals surface area contributed by atoms with Crippen LogP contribution in [-0.4, -0.2) is 66.7 Å². The van der Waals surface area contributed by atoms with Gasteiger partial charge in [0.1, 0.15) is 11.9 Å². The van der Waals surface area contributed by atoms with Gasteiger partial charge in [-0.3, -0.25) is 0 Å². The Bertz CT molecular complexity index is 454. The van der Waals surface area contributed by atoms with E-state index in [0.717, 1.165) is 6.42 Å². The second-order valence-corrected chi connectivity index (χ2v) is 4.61. The summed E-state index contributed by atoms with van der Waals surface area (Å²) >= 11 is 0. The van der Waals surface area contributed by atoms with Crippen molar-refractivity contribution >= 4 is 11.8 Å². The average Bonchev–Trinajstić information content (AvgIpc) is 2.50. The molecule has 1 aromatic rings. The summed E-state index contributed by atoms with van der Waals surface area (Å²) in [5.41, 5.74) is -0.0829. The van der Waals surface area contributed by atoms with Gasteiger partial charge in [0, 0.05) is 13.7 Å². The van der Waals surface area contributed by atoms with E-state index in [1.807, 2.05) is 0 Å². The van der Waals surface area contributed by atoms with Gasteiger partial charge in [-0.05, 0) is 6.42 Å². The number of methoxy groups -OCH3 is 1. The van der Waals surface area contributed by atoms with Crippen LogP contribution in [0.2, 0.25) is 0 Å². The Hall–Kier alpha value is -1.77. The number of carboxylic acids is 1. The van der Waals surface area contributed by atoms with E-state index in [2.05, 4.69) is 15.3 Å². The van der Waals surface area contributed by atoms with Gasteiger partial charge in [-0.25, -0.2) is 14.8 Å². The third kappa shape index (κ3) is 4.62. The van der Waals surface area contributed by atoms with Gasteiger partial charge >= 0.3 is 5.97 Å². The number of rotatable bonds is 7. The first-order valence-corrected chi connectivity index (χ1v) is 6.71. The summed E-state index contributed by atoms with van der Waals surface area (Å²) in [7, 11) is 1.62. The fourth-order valence-corrected chi connectivity index (χ4v) is 2.03. The monoisotopic (exact) mass is 297 g/mol. The highest BCUT2D eigenvalue weighted by molar-refractivity contribution is 5.84. The maximum Gasteiger partial charge on any atom is 0.356 e. The standard InChI is InChI=1S/C13H19N3O5/c1-19-4-5-21-11-8-20-3-2-9(11)16-12-7-14-10(6-15-12)13(17)18/h6-7,9,11H,2-5,8H2,1H3,(H,15,16)(H,17,18). The molecule has 0 aliphatic carbocycles. The second kappa shape index (κ2) is 7.87. The first-order valence-electron chi connectivity index (χ1n) is 6.71. The van der Waals surface area contributed by atoms with Gasteiger partial charge in [-0.15, -0.1) is 0 Å². The van der Waals surface area contributed by atoms with E-state index in [-0.39, 0.29) is 17.8 Å². The van der Waals surface area contributed by atoms with E-state index < -0.39 is 5.97 Å². The molecule has 1 aliphatic rings. The van der Waals surface area contributed by atoms with Gasteiger partial charge in [0.05, 0.1) is 38.3 Å². The Morgan fingerprint density at radius 1 is 1.48 bits per heavy atom. The van der Waals surface area contributed by atoms with E-state index in [9.17, 15) is 4.79 Å². The van der Waals surface area contributed by atoms with Crippen LogP contribution in [0.15, 0.2) is 12.4 Å². The minimum absolute atomic E-state index is 0.0422. The molecule has 0 aromatic carbocycles. The van der Waals surface area contributed by atoms with Crippen molar-refractivity contribution in [2.45, 2.75) is 18.6 Å². The lowest BCUT2D eigenvalue weighted by molar-refractivity contribution is -0.0674. The van der Waals surface area contributed by atoms with Crippen molar-refractivity contribution in [2.24, 2.45) is 0 Å². The summed E-state index contributed by atoms with van der Waals surface area (Å²) in [6, 6.07) is 0.0422. The molecule has 0 spiro atoms. The van der Waals surface area contributed by atoms with E-state index in [0.29, 0.717) is 32.2 Å². The van der Waals surface area contributed by atoms with E-state index >= 15 is 0 Å². The van der Waals surface area contributed by atoms with Gasteiger partial charge < -0.3 is 24.6 Å². The van der Waals surface area contributed by atoms with Crippen molar-refractivity contribution in [3.8, 4) is 0 Å². The molecule has 2 rings (SSSR count). The van der Waals surface area contributed by atoms with Crippen LogP contribution < -0.4 is 5.32 Å². The van der Waals surface area contributed by atoms with Gasteiger partial charge in [0.25, 0.3) is 0 Å². The van der Waals surface area contributed by atoms with Crippen LogP contribution >= 0.6 is 0 Å². The van der Waals surface area contributed by atoms with Crippen molar-refractivity contribution in [3.05, 3.63) is 18.1 Å². The van der Waals surface area contributed by atoms with Crippen molar-refractivity contribution in [2.75, 3.05) is 38.9 Å². The molecule has 116 valence electrons. The predicted octanol–water partition coefficient (Wildman–Crippen LogP) is 0.407. The van der Waals surface area contributed by atoms with Gasteiger partial charge in [-0.2, -0.15) is 0 Å². The zero-order valence-corrected chi connectivity index (χ0v) is 11.8. The first kappa shape index (κ1) is 15.6. The number of aromatic carboxylic acids is 1. The zero-order valence-electron chi connectivity index (χ0n) is 11.8. The summed E-state index contributed by atoms with van der Waals surface area (Å²) in [5, 5.41) is 12.0. The molecule has 2 heterocycles. The Balaban J connectivity index is 1.93. The van der Waals surface area contributed by atoms with Crippen LogP contribution in [0.5, 0.6) is 0 Å². The minimum atomic E-state index is -1.10. The number of nitrogens with zero attached hydrogens (tertiary/aromatic N) is 2. The van der Waals surface area contributed by atoms with Crippen molar-refractivity contribution in [1.29, 1.82) is 0 Å². The van der Waals surface area contributed by atoms with Crippen LogP contribution in [0, 0.1) is 0 Å². The molecule has 8 nitrogen and oxygen atoms in total. The highest BCUT2D eigenvalue weighted by atomic mass is 16.6. The molecule has 0 amide bonds. The molecule has 2 N–H and O–H groups in total. The summed E-state index contributed by atoms with van der Waals surface area (Å²) in [6.07, 6.45) is 3.31. The van der Waals surface area contributed by atoms with E-state index in [4.69, 9.17) is 19.3 Å². The number of hydrogen-bond acceptors (Lipinski definition) is 7. The smallest absolute Gasteiger partial charge is 0.356 e. The maximum absolute atomic E-state index is 10.7. The number of ether oxygens (including phenoxy) is 3. The lowest BCUT2D eigenvalue weighted by atomic mass is 10.1. The number of hydrogen-bond donors (Lipinski definition) is 2. The number of anilines is 1. The van der Waals surface area contributed by atoms with E-state index in [1.54, 1.807) is 7.11 Å². The van der Waals surface area contributed by atoms with Crippen molar-refractivity contribution in [1.82, 2.24) is 9.97 Å². The number of nitrogens with one attached hydrogen (secondary N) is 1. The van der Waals surface area contributed by atoms with Crippen LogP contribution in [0.1, 0.15) is 16.9 Å². The normalized spacial score (nSPS) is 22.0. The Labute approximate surface area is 122 Å². The number of carbonyl (C=O) groups is 1. The molecule has 0 saturated carbocycles. The van der Waals surface area contributed by atoms with Crippen molar-refractivity contribution in [3.63, 3.8) is 0 Å². The highest BCUT2D eigenvalue weighted by Gasteiger charge is 2.26. The fourth-order valence-electron chi connectivity index (χ4n) is 2.03. The third-order valence-corrected chi connectivity index (χ3v) is 3.13. The van der Waals surface area contributed by atoms with Crippen LogP contribution in [-0.2, 0) is 14.2 Å². The molecule has 1 fully saturated rings. The summed E-state index contributed by atoms with van der Waals surface area (Å²) in [5.74, 6) is -0.576. The lowest BCUT2D eigenvalue weighted by Gasteiger charge is -2.32. The predicted molar refractivity (Wildman–Crippen MR) is 73.5 cm³/mol. The van der Waals surface area contributed by atoms with E-state index in [1.165, 1.54) is 12.4 Å². The second-order valence-electron chi connectivity index (χ2n) is 4.61. The number of aromatic nitrogens is 2. The van der Waals surface area contributed by atoms with Gasteiger partial charge in [0.2, 0.25) is 0 Å². The summed E-state index contributed by atoms with van der Waals surface area (Å²) < 4.78 is 16.1. The quantitative estimate of drug-likeness (QED) is 0.697. The largest absolute Gasteiger partial charge is 0.476 e. The minimum Gasteiger partial charge on any atom is -0.476 e. The molecule has 1 aromatic heterocycles.